The van der Waals surface area contributed by atoms with E-state index < -0.39 is 0 Å². The van der Waals surface area contributed by atoms with E-state index in [2.05, 4.69) is 31.0 Å². The molecule has 0 aromatic carbocycles. The van der Waals surface area contributed by atoms with Crippen molar-refractivity contribution in [1.29, 1.82) is 0 Å². The summed E-state index contributed by atoms with van der Waals surface area (Å²) in [5.74, 6) is 1.79. The van der Waals surface area contributed by atoms with Gasteiger partial charge in [0.05, 0.1) is 0 Å². The van der Waals surface area contributed by atoms with Crippen LogP contribution in [0.4, 0.5) is 0 Å². The Kier molecular flexibility index (Phi) is 6.26. The second kappa shape index (κ2) is 7.24. The van der Waals surface area contributed by atoms with Gasteiger partial charge in [0.25, 0.3) is 0 Å². The standard InChI is InChI=1S/C13H28N2/c1-4-14-9-12(3)10-15(5-2)11-13-7-6-8-13/h12-14H,4-11H2,1-3H3. The van der Waals surface area contributed by atoms with Crippen LogP contribution in [0.1, 0.15) is 40.0 Å². The smallest absolute Gasteiger partial charge is 0.00191 e. The monoisotopic (exact) mass is 212 g/mol. The first-order valence-corrected chi connectivity index (χ1v) is 6.69. The molecule has 0 bridgehead atoms. The Morgan fingerprint density at radius 1 is 1.33 bits per heavy atom. The Balaban J connectivity index is 2.13. The number of hydrogen-bond donors (Lipinski definition) is 1. The van der Waals surface area contributed by atoms with Crippen LogP contribution in [0.3, 0.4) is 0 Å². The lowest BCUT2D eigenvalue weighted by Crippen LogP contribution is -2.37. The van der Waals surface area contributed by atoms with Gasteiger partial charge in [-0.2, -0.15) is 0 Å². The molecule has 1 saturated carbocycles. The minimum Gasteiger partial charge on any atom is -0.317 e. The first kappa shape index (κ1) is 13.0. The van der Waals surface area contributed by atoms with Crippen LogP contribution in [0.2, 0.25) is 0 Å². The highest BCUT2D eigenvalue weighted by atomic mass is 15.1. The molecule has 0 saturated heterocycles. The quantitative estimate of drug-likeness (QED) is 0.664. The first-order valence-electron chi connectivity index (χ1n) is 6.69. The van der Waals surface area contributed by atoms with Crippen LogP contribution >= 0.6 is 0 Å². The fourth-order valence-electron chi connectivity index (χ4n) is 2.27. The molecule has 0 aromatic heterocycles. The maximum Gasteiger partial charge on any atom is 0.00191 e. The Hall–Kier alpha value is -0.0800. The molecule has 0 amide bonds. The number of nitrogens with one attached hydrogen (secondary N) is 1. The van der Waals surface area contributed by atoms with Gasteiger partial charge in [0.15, 0.2) is 0 Å². The number of nitrogens with zero attached hydrogens (tertiary/aromatic N) is 1. The molecule has 1 N–H and O–H groups in total. The molecule has 2 heteroatoms. The van der Waals surface area contributed by atoms with Crippen LogP contribution in [0, 0.1) is 11.8 Å². The van der Waals surface area contributed by atoms with E-state index in [4.69, 9.17) is 0 Å². The highest BCUT2D eigenvalue weighted by Gasteiger charge is 2.20. The molecule has 90 valence electrons. The second-order valence-corrected chi connectivity index (χ2v) is 5.06. The summed E-state index contributed by atoms with van der Waals surface area (Å²) in [6.07, 6.45) is 4.41. The van der Waals surface area contributed by atoms with Crippen molar-refractivity contribution in [3.8, 4) is 0 Å². The second-order valence-electron chi connectivity index (χ2n) is 5.06. The average molecular weight is 212 g/mol. The zero-order valence-corrected chi connectivity index (χ0v) is 10.8. The van der Waals surface area contributed by atoms with Crippen molar-refractivity contribution < 1.29 is 0 Å². The molecular weight excluding hydrogens is 184 g/mol. The lowest BCUT2D eigenvalue weighted by atomic mass is 9.85. The Bertz CT molecular complexity index is 155. The van der Waals surface area contributed by atoms with E-state index >= 15 is 0 Å². The molecule has 0 aromatic rings. The van der Waals surface area contributed by atoms with E-state index in [0.717, 1.165) is 24.9 Å². The van der Waals surface area contributed by atoms with Crippen LogP contribution in [-0.4, -0.2) is 37.6 Å². The summed E-state index contributed by atoms with van der Waals surface area (Å²) in [6.45, 7) is 12.9. The summed E-state index contributed by atoms with van der Waals surface area (Å²) >= 11 is 0. The molecule has 0 aliphatic heterocycles. The molecule has 1 atom stereocenters. The maximum absolute atomic E-state index is 3.43. The molecule has 1 fully saturated rings. The molecular formula is C13H28N2. The van der Waals surface area contributed by atoms with Crippen molar-refractivity contribution in [3.63, 3.8) is 0 Å². The Labute approximate surface area is 95.4 Å². The summed E-state index contributed by atoms with van der Waals surface area (Å²) in [6, 6.07) is 0. The normalized spacial score (nSPS) is 19.2. The lowest BCUT2D eigenvalue weighted by Gasteiger charge is -2.33. The predicted octanol–water partition coefficient (Wildman–Crippen LogP) is 2.35. The third-order valence-electron chi connectivity index (χ3n) is 3.50. The highest BCUT2D eigenvalue weighted by molar-refractivity contribution is 4.74. The van der Waals surface area contributed by atoms with E-state index in [1.54, 1.807) is 0 Å². The van der Waals surface area contributed by atoms with E-state index in [0.29, 0.717) is 0 Å². The van der Waals surface area contributed by atoms with Crippen LogP contribution in [0.5, 0.6) is 0 Å². The summed E-state index contributed by atoms with van der Waals surface area (Å²) in [5, 5.41) is 3.43. The van der Waals surface area contributed by atoms with E-state index in [1.807, 2.05) is 0 Å². The fourth-order valence-corrected chi connectivity index (χ4v) is 2.27. The maximum atomic E-state index is 3.43. The highest BCUT2D eigenvalue weighted by Crippen LogP contribution is 2.27. The number of hydrogen-bond acceptors (Lipinski definition) is 2. The van der Waals surface area contributed by atoms with Crippen molar-refractivity contribution >= 4 is 0 Å². The van der Waals surface area contributed by atoms with E-state index in [9.17, 15) is 0 Å². The van der Waals surface area contributed by atoms with Gasteiger partial charge in [0.1, 0.15) is 0 Å². The van der Waals surface area contributed by atoms with Gasteiger partial charge in [0, 0.05) is 13.1 Å². The SMILES string of the molecule is CCNCC(C)CN(CC)CC1CCC1. The summed E-state index contributed by atoms with van der Waals surface area (Å²) < 4.78 is 0. The van der Waals surface area contributed by atoms with Crippen LogP contribution < -0.4 is 5.32 Å². The van der Waals surface area contributed by atoms with Gasteiger partial charge >= 0.3 is 0 Å². The third kappa shape index (κ3) is 4.98. The molecule has 1 aliphatic carbocycles. The van der Waals surface area contributed by atoms with Gasteiger partial charge < -0.3 is 10.2 Å². The zero-order chi connectivity index (χ0) is 11.1. The predicted molar refractivity (Wildman–Crippen MR) is 67.2 cm³/mol. The minimum absolute atomic E-state index is 0.782. The first-order chi connectivity index (χ1) is 7.26. The average Bonchev–Trinajstić information content (AvgIpc) is 2.18. The number of rotatable bonds is 8. The fraction of sp³-hybridized carbons (Fsp3) is 1.00. The van der Waals surface area contributed by atoms with Crippen LogP contribution in [0.25, 0.3) is 0 Å². The summed E-state index contributed by atoms with van der Waals surface area (Å²) in [5.41, 5.74) is 0. The molecule has 15 heavy (non-hydrogen) atoms. The van der Waals surface area contributed by atoms with Crippen molar-refractivity contribution in [1.82, 2.24) is 10.2 Å². The van der Waals surface area contributed by atoms with Crippen LogP contribution in [-0.2, 0) is 0 Å². The van der Waals surface area contributed by atoms with Gasteiger partial charge in [-0.25, -0.2) is 0 Å². The van der Waals surface area contributed by atoms with E-state index in [-0.39, 0.29) is 0 Å². The molecule has 0 spiro atoms. The van der Waals surface area contributed by atoms with E-state index in [1.165, 1.54) is 38.9 Å². The molecule has 1 aliphatic rings. The summed E-state index contributed by atoms with van der Waals surface area (Å²) in [7, 11) is 0. The third-order valence-corrected chi connectivity index (χ3v) is 3.50. The van der Waals surface area contributed by atoms with Crippen molar-refractivity contribution in [2.24, 2.45) is 11.8 Å². The van der Waals surface area contributed by atoms with Gasteiger partial charge in [-0.05, 0) is 44.3 Å². The van der Waals surface area contributed by atoms with Gasteiger partial charge in [-0.1, -0.05) is 27.2 Å². The molecule has 2 nitrogen and oxygen atoms in total. The van der Waals surface area contributed by atoms with Crippen molar-refractivity contribution in [2.45, 2.75) is 40.0 Å². The van der Waals surface area contributed by atoms with Crippen molar-refractivity contribution in [2.75, 3.05) is 32.7 Å². The van der Waals surface area contributed by atoms with Gasteiger partial charge in [-0.15, -0.1) is 0 Å². The minimum atomic E-state index is 0.782. The largest absolute Gasteiger partial charge is 0.317 e. The van der Waals surface area contributed by atoms with Gasteiger partial charge in [0.2, 0.25) is 0 Å². The Morgan fingerprint density at radius 2 is 2.07 bits per heavy atom. The summed E-state index contributed by atoms with van der Waals surface area (Å²) in [4.78, 5) is 2.63. The molecule has 1 unspecified atom stereocenters. The Morgan fingerprint density at radius 3 is 2.53 bits per heavy atom. The molecule has 0 heterocycles. The molecule has 0 radical (unpaired) electrons. The topological polar surface area (TPSA) is 15.3 Å². The zero-order valence-electron chi connectivity index (χ0n) is 10.8. The van der Waals surface area contributed by atoms with Gasteiger partial charge in [-0.3, -0.25) is 0 Å². The lowest BCUT2D eigenvalue weighted by molar-refractivity contribution is 0.166. The van der Waals surface area contributed by atoms with Crippen molar-refractivity contribution in [3.05, 3.63) is 0 Å². The molecule has 1 rings (SSSR count). The van der Waals surface area contributed by atoms with Crippen LogP contribution in [0.15, 0.2) is 0 Å².